The van der Waals surface area contributed by atoms with E-state index in [0.29, 0.717) is 35.2 Å². The number of amides is 1. The zero-order valence-electron chi connectivity index (χ0n) is 20.9. The number of rotatable bonds is 12. The summed E-state index contributed by atoms with van der Waals surface area (Å²) in [6, 6.07) is 10.0. The second-order valence-electron chi connectivity index (χ2n) is 8.08. The van der Waals surface area contributed by atoms with Crippen LogP contribution in [0.25, 0.3) is 10.2 Å². The van der Waals surface area contributed by atoms with Crippen LogP contribution in [0.2, 0.25) is 0 Å². The van der Waals surface area contributed by atoms with Crippen molar-refractivity contribution in [3.8, 4) is 11.5 Å². The fourth-order valence-electron chi connectivity index (χ4n) is 3.74. The van der Waals surface area contributed by atoms with Crippen LogP contribution in [-0.2, 0) is 14.6 Å². The Balaban J connectivity index is 1.86. The molecule has 190 valence electrons. The molecule has 0 fully saturated rings. The summed E-state index contributed by atoms with van der Waals surface area (Å²) in [5, 5.41) is 0.548. The molecule has 3 rings (SSSR count). The van der Waals surface area contributed by atoms with E-state index in [1.807, 2.05) is 19.1 Å². The molecule has 8 nitrogen and oxygen atoms in total. The summed E-state index contributed by atoms with van der Waals surface area (Å²) in [4.78, 5) is 22.1. The number of carbonyl (C=O) groups is 1. The van der Waals surface area contributed by atoms with E-state index in [9.17, 15) is 13.2 Å². The molecule has 1 amide bonds. The molecule has 0 saturated heterocycles. The van der Waals surface area contributed by atoms with Gasteiger partial charge in [-0.25, -0.2) is 13.4 Å². The molecule has 35 heavy (non-hydrogen) atoms. The highest BCUT2D eigenvalue weighted by molar-refractivity contribution is 7.91. The summed E-state index contributed by atoms with van der Waals surface area (Å²) >= 11 is 1.42. The monoisotopic (exact) mass is 519 g/mol. The standard InChI is InChI=1S/C25H33N3O5S2/c1-6-27(7-2)15-16-28(25-26-23-21(33-5)13-8-18(3)24(23)34-25)22(29)14-17-35(30,31)20-11-9-19(32-4)10-12-20/h8-13H,6-7,14-17H2,1-5H3. The van der Waals surface area contributed by atoms with E-state index in [1.165, 1.54) is 30.6 Å². The number of thiazole rings is 1. The van der Waals surface area contributed by atoms with Crippen molar-refractivity contribution >= 4 is 42.4 Å². The normalized spacial score (nSPS) is 11.7. The second kappa shape index (κ2) is 11.8. The smallest absolute Gasteiger partial charge is 0.229 e. The van der Waals surface area contributed by atoms with Gasteiger partial charge in [0.25, 0.3) is 0 Å². The molecule has 0 bridgehead atoms. The molecule has 0 saturated carbocycles. The molecule has 0 unspecified atom stereocenters. The van der Waals surface area contributed by atoms with Crippen molar-refractivity contribution in [2.24, 2.45) is 0 Å². The zero-order valence-corrected chi connectivity index (χ0v) is 22.5. The molecule has 0 N–H and O–H groups in total. The molecule has 3 aromatic rings. The first-order valence-corrected chi connectivity index (χ1v) is 14.0. The van der Waals surface area contributed by atoms with E-state index >= 15 is 0 Å². The highest BCUT2D eigenvalue weighted by Gasteiger charge is 2.24. The van der Waals surface area contributed by atoms with Gasteiger partial charge in [-0.2, -0.15) is 0 Å². The lowest BCUT2D eigenvalue weighted by molar-refractivity contribution is -0.118. The molecular weight excluding hydrogens is 486 g/mol. The van der Waals surface area contributed by atoms with Gasteiger partial charge in [0.05, 0.1) is 29.6 Å². The molecule has 2 aromatic carbocycles. The van der Waals surface area contributed by atoms with Crippen LogP contribution in [0, 0.1) is 6.92 Å². The second-order valence-corrected chi connectivity index (χ2v) is 11.2. The van der Waals surface area contributed by atoms with Crippen LogP contribution in [0.15, 0.2) is 41.3 Å². The lowest BCUT2D eigenvalue weighted by atomic mass is 10.2. The first-order valence-electron chi connectivity index (χ1n) is 11.6. The Morgan fingerprint density at radius 2 is 1.69 bits per heavy atom. The number of likely N-dealkylation sites (N-methyl/N-ethyl adjacent to an activating group) is 1. The lowest BCUT2D eigenvalue weighted by Crippen LogP contribution is -2.39. The van der Waals surface area contributed by atoms with Crippen LogP contribution < -0.4 is 14.4 Å². The maximum absolute atomic E-state index is 13.4. The number of aryl methyl sites for hydroxylation is 1. The van der Waals surface area contributed by atoms with Crippen LogP contribution in [-0.4, -0.2) is 70.4 Å². The van der Waals surface area contributed by atoms with Crippen molar-refractivity contribution in [1.82, 2.24) is 9.88 Å². The van der Waals surface area contributed by atoms with E-state index in [4.69, 9.17) is 14.5 Å². The number of hydrogen-bond acceptors (Lipinski definition) is 8. The van der Waals surface area contributed by atoms with Crippen molar-refractivity contribution in [2.75, 3.05) is 51.1 Å². The summed E-state index contributed by atoms with van der Waals surface area (Å²) in [6.07, 6.45) is -0.140. The predicted molar refractivity (Wildman–Crippen MR) is 141 cm³/mol. The molecule has 0 aliphatic rings. The Kier molecular flexibility index (Phi) is 9.09. The third-order valence-electron chi connectivity index (χ3n) is 5.98. The topological polar surface area (TPSA) is 89.0 Å². The number of nitrogens with zero attached hydrogens (tertiary/aromatic N) is 3. The highest BCUT2D eigenvalue weighted by atomic mass is 32.2. The molecule has 0 aliphatic carbocycles. The average molecular weight is 520 g/mol. The van der Waals surface area contributed by atoms with Gasteiger partial charge in [0.15, 0.2) is 15.0 Å². The molecular formula is C25H33N3O5S2. The van der Waals surface area contributed by atoms with Crippen molar-refractivity contribution in [3.63, 3.8) is 0 Å². The van der Waals surface area contributed by atoms with E-state index in [1.54, 1.807) is 24.1 Å². The number of benzene rings is 2. The third-order valence-corrected chi connectivity index (χ3v) is 8.93. The Labute approximate surface area is 211 Å². The predicted octanol–water partition coefficient (Wildman–Crippen LogP) is 4.16. The summed E-state index contributed by atoms with van der Waals surface area (Å²) in [7, 11) is -0.514. The quantitative estimate of drug-likeness (QED) is 0.355. The highest BCUT2D eigenvalue weighted by Crippen LogP contribution is 2.36. The van der Waals surface area contributed by atoms with Gasteiger partial charge in [-0.15, -0.1) is 0 Å². The number of sulfone groups is 1. The SMILES string of the molecule is CCN(CC)CCN(C(=O)CCS(=O)(=O)c1ccc(OC)cc1)c1nc2c(OC)ccc(C)c2s1. The summed E-state index contributed by atoms with van der Waals surface area (Å²) in [6.45, 7) is 8.94. The Hall–Kier alpha value is -2.69. The van der Waals surface area contributed by atoms with Gasteiger partial charge >= 0.3 is 0 Å². The molecule has 0 spiro atoms. The summed E-state index contributed by atoms with van der Waals surface area (Å²) in [5.41, 5.74) is 1.75. The summed E-state index contributed by atoms with van der Waals surface area (Å²) < 4.78 is 37.3. The zero-order chi connectivity index (χ0) is 25.6. The number of ether oxygens (including phenoxy) is 2. The molecule has 1 heterocycles. The molecule has 0 radical (unpaired) electrons. The van der Waals surface area contributed by atoms with Gasteiger partial charge in [-0.3, -0.25) is 9.69 Å². The molecule has 0 atom stereocenters. The van der Waals surface area contributed by atoms with Gasteiger partial charge in [0.2, 0.25) is 5.91 Å². The minimum atomic E-state index is -3.63. The van der Waals surface area contributed by atoms with E-state index < -0.39 is 9.84 Å². The fourth-order valence-corrected chi connectivity index (χ4v) is 6.07. The van der Waals surface area contributed by atoms with Crippen LogP contribution >= 0.6 is 11.3 Å². The molecule has 0 aliphatic heterocycles. The van der Waals surface area contributed by atoms with Gasteiger partial charge in [-0.1, -0.05) is 31.3 Å². The lowest BCUT2D eigenvalue weighted by Gasteiger charge is -2.24. The molecule has 1 aromatic heterocycles. The van der Waals surface area contributed by atoms with Crippen LogP contribution in [0.5, 0.6) is 11.5 Å². The van der Waals surface area contributed by atoms with Crippen molar-refractivity contribution in [1.29, 1.82) is 0 Å². The Morgan fingerprint density at radius 3 is 2.29 bits per heavy atom. The minimum Gasteiger partial charge on any atom is -0.497 e. The van der Waals surface area contributed by atoms with E-state index in [0.717, 1.165) is 23.4 Å². The fraction of sp³-hybridized carbons (Fsp3) is 0.440. The number of fused-ring (bicyclic) bond motifs is 1. The number of hydrogen-bond donors (Lipinski definition) is 0. The largest absolute Gasteiger partial charge is 0.497 e. The van der Waals surface area contributed by atoms with Crippen molar-refractivity contribution in [2.45, 2.75) is 32.1 Å². The van der Waals surface area contributed by atoms with E-state index in [2.05, 4.69) is 18.7 Å². The van der Waals surface area contributed by atoms with Crippen LogP contribution in [0.3, 0.4) is 0 Å². The number of aromatic nitrogens is 1. The van der Waals surface area contributed by atoms with Crippen LogP contribution in [0.1, 0.15) is 25.8 Å². The third kappa shape index (κ3) is 6.31. The van der Waals surface area contributed by atoms with Crippen LogP contribution in [0.4, 0.5) is 5.13 Å². The maximum atomic E-state index is 13.4. The minimum absolute atomic E-state index is 0.140. The maximum Gasteiger partial charge on any atom is 0.229 e. The van der Waals surface area contributed by atoms with Gasteiger partial charge < -0.3 is 14.4 Å². The first-order chi connectivity index (χ1) is 16.7. The average Bonchev–Trinajstić information content (AvgIpc) is 3.31. The number of methoxy groups -OCH3 is 2. The Bertz CT molecular complexity index is 1250. The first kappa shape index (κ1) is 26.9. The van der Waals surface area contributed by atoms with Gasteiger partial charge in [-0.05, 0) is 55.9 Å². The number of carbonyl (C=O) groups excluding carboxylic acids is 1. The Morgan fingerprint density at radius 1 is 1.00 bits per heavy atom. The van der Waals surface area contributed by atoms with Gasteiger partial charge in [0.1, 0.15) is 17.0 Å². The van der Waals surface area contributed by atoms with E-state index in [-0.39, 0.29) is 23.0 Å². The number of anilines is 1. The summed E-state index contributed by atoms with van der Waals surface area (Å²) in [5.74, 6) is 0.660. The molecule has 10 heteroatoms. The van der Waals surface area contributed by atoms with Gasteiger partial charge in [0, 0.05) is 19.5 Å². The van der Waals surface area contributed by atoms with Crippen molar-refractivity contribution < 1.29 is 22.7 Å². The van der Waals surface area contributed by atoms with Crippen molar-refractivity contribution in [3.05, 3.63) is 42.0 Å².